The fourth-order valence-electron chi connectivity index (χ4n) is 2.32. The zero-order valence-electron chi connectivity index (χ0n) is 15.4. The van der Waals surface area contributed by atoms with Gasteiger partial charge in [-0.15, -0.1) is 0 Å². The number of carbonyl (C=O) groups is 1. The van der Waals surface area contributed by atoms with Crippen LogP contribution in [0.25, 0.3) is 0 Å². The molecule has 0 fully saturated rings. The normalized spacial score (nSPS) is 13.1. The third-order valence-corrected chi connectivity index (χ3v) is 4.15. The summed E-state index contributed by atoms with van der Waals surface area (Å²) in [6, 6.07) is 12.2. The van der Waals surface area contributed by atoms with Crippen molar-refractivity contribution in [1.82, 2.24) is 5.32 Å². The fraction of sp³-hybridized carbons (Fsp3) is 0.250. The van der Waals surface area contributed by atoms with Gasteiger partial charge in [-0.05, 0) is 36.8 Å². The molecular weight excluding hydrogens is 407 g/mol. The van der Waals surface area contributed by atoms with Gasteiger partial charge in [0.25, 0.3) is 5.91 Å². The Balaban J connectivity index is 2.35. The quantitative estimate of drug-likeness (QED) is 0.569. The molecule has 1 unspecified atom stereocenters. The van der Waals surface area contributed by atoms with Crippen LogP contribution in [0.3, 0.4) is 0 Å². The van der Waals surface area contributed by atoms with Gasteiger partial charge in [-0.2, -0.15) is 13.2 Å². The summed E-state index contributed by atoms with van der Waals surface area (Å²) < 4.78 is 38.7. The molecule has 9 heteroatoms. The maximum atomic E-state index is 12.9. The summed E-state index contributed by atoms with van der Waals surface area (Å²) >= 11 is 6.05. The van der Waals surface area contributed by atoms with Crippen molar-refractivity contribution < 1.29 is 23.1 Å². The summed E-state index contributed by atoms with van der Waals surface area (Å²) in [5, 5.41) is 19.3. The maximum Gasteiger partial charge on any atom is 0.429 e. The van der Waals surface area contributed by atoms with Gasteiger partial charge in [0.1, 0.15) is 5.71 Å². The highest BCUT2D eigenvalue weighted by atomic mass is 35.5. The molecule has 1 atom stereocenters. The molecule has 29 heavy (non-hydrogen) atoms. The van der Waals surface area contributed by atoms with Crippen LogP contribution in [0.2, 0.25) is 5.02 Å². The molecule has 0 aliphatic heterocycles. The molecule has 1 amide bonds. The van der Waals surface area contributed by atoms with Crippen LogP contribution in [-0.4, -0.2) is 41.3 Å². The summed E-state index contributed by atoms with van der Waals surface area (Å²) in [4.78, 5) is 16.2. The van der Waals surface area contributed by atoms with Gasteiger partial charge in [0.05, 0.1) is 22.5 Å². The number of carbonyl (C=O) groups excluding carboxylic acids is 1. The van der Waals surface area contributed by atoms with Gasteiger partial charge in [0, 0.05) is 18.5 Å². The summed E-state index contributed by atoms with van der Waals surface area (Å²) in [6.07, 6.45) is -6.23. The maximum absolute atomic E-state index is 12.9. The average Bonchev–Trinajstić information content (AvgIpc) is 2.66. The zero-order valence-corrected chi connectivity index (χ0v) is 16.2. The number of aliphatic hydroxyl groups is 1. The average molecular weight is 426 g/mol. The minimum atomic E-state index is -4.78. The van der Waals surface area contributed by atoms with Gasteiger partial charge in [-0.1, -0.05) is 35.9 Å². The highest BCUT2D eigenvalue weighted by molar-refractivity contribution is 6.33. The summed E-state index contributed by atoms with van der Waals surface area (Å²) in [5.74, 6) is -0.426. The van der Waals surface area contributed by atoms with E-state index in [9.17, 15) is 23.1 Å². The molecule has 2 aromatic rings. The number of nitrogens with one attached hydrogen (secondary N) is 2. The van der Waals surface area contributed by atoms with E-state index in [1.807, 2.05) is 0 Å². The Morgan fingerprint density at radius 3 is 2.31 bits per heavy atom. The van der Waals surface area contributed by atoms with Crippen molar-refractivity contribution in [2.75, 3.05) is 6.54 Å². The van der Waals surface area contributed by atoms with Crippen molar-refractivity contribution in [3.05, 3.63) is 64.7 Å². The van der Waals surface area contributed by atoms with Gasteiger partial charge >= 0.3 is 6.18 Å². The number of aliphatic imine (C=N–C) groups is 1. The first-order valence-electron chi connectivity index (χ1n) is 8.61. The highest BCUT2D eigenvalue weighted by Crippen LogP contribution is 2.27. The lowest BCUT2D eigenvalue weighted by Crippen LogP contribution is -2.30. The number of amides is 1. The van der Waals surface area contributed by atoms with E-state index in [1.165, 1.54) is 31.2 Å². The number of nitrogens with zero attached hydrogens (tertiary/aromatic N) is 1. The second-order valence-corrected chi connectivity index (χ2v) is 6.71. The Kier molecular flexibility index (Phi) is 7.53. The van der Waals surface area contributed by atoms with E-state index in [2.05, 4.69) is 10.3 Å². The third kappa shape index (κ3) is 6.69. The lowest BCUT2D eigenvalue weighted by Gasteiger charge is -2.12. The number of hydrogen-bond donors (Lipinski definition) is 3. The monoisotopic (exact) mass is 425 g/mol. The molecule has 0 aliphatic rings. The third-order valence-electron chi connectivity index (χ3n) is 3.83. The van der Waals surface area contributed by atoms with Crippen LogP contribution in [0.15, 0.2) is 53.5 Å². The minimum Gasteiger partial charge on any atom is -0.392 e. The molecule has 0 saturated carbocycles. The summed E-state index contributed by atoms with van der Waals surface area (Å²) in [5.41, 5.74) is -0.570. The Morgan fingerprint density at radius 2 is 1.76 bits per heavy atom. The Morgan fingerprint density at radius 1 is 1.17 bits per heavy atom. The van der Waals surface area contributed by atoms with Crippen molar-refractivity contribution in [2.45, 2.75) is 25.6 Å². The first-order valence-corrected chi connectivity index (χ1v) is 8.99. The van der Waals surface area contributed by atoms with Crippen LogP contribution >= 0.6 is 11.6 Å². The number of aliphatic hydroxyl groups excluding tert-OH is 1. The Labute approximate surface area is 170 Å². The molecule has 3 N–H and O–H groups in total. The van der Waals surface area contributed by atoms with Gasteiger partial charge in [0.2, 0.25) is 0 Å². The van der Waals surface area contributed by atoms with Gasteiger partial charge < -0.3 is 15.8 Å². The van der Waals surface area contributed by atoms with Crippen LogP contribution in [-0.2, 0) is 0 Å². The predicted octanol–water partition coefficient (Wildman–Crippen LogP) is 4.54. The van der Waals surface area contributed by atoms with E-state index in [0.29, 0.717) is 5.56 Å². The van der Waals surface area contributed by atoms with Gasteiger partial charge in [0.15, 0.2) is 0 Å². The molecule has 0 saturated heterocycles. The molecule has 154 valence electrons. The zero-order chi connectivity index (χ0) is 21.6. The van der Waals surface area contributed by atoms with Crippen LogP contribution in [0, 0.1) is 5.41 Å². The van der Waals surface area contributed by atoms with Crippen molar-refractivity contribution in [1.29, 1.82) is 5.41 Å². The SMILES string of the molecule is CC(O)CNC(=O)c1ccc(C(CC(=N)C(F)(F)F)=Nc2ccccc2Cl)cc1. The molecule has 5 nitrogen and oxygen atoms in total. The number of benzene rings is 2. The molecule has 0 spiro atoms. The van der Waals surface area contributed by atoms with E-state index in [0.717, 1.165) is 0 Å². The topological polar surface area (TPSA) is 85.5 Å². The van der Waals surface area contributed by atoms with Crippen molar-refractivity contribution in [3.63, 3.8) is 0 Å². The highest BCUT2D eigenvalue weighted by Gasteiger charge is 2.35. The van der Waals surface area contributed by atoms with Crippen LogP contribution in [0.4, 0.5) is 18.9 Å². The molecule has 0 bridgehead atoms. The van der Waals surface area contributed by atoms with Crippen LogP contribution < -0.4 is 5.32 Å². The standard InChI is InChI=1S/C20H19ClF3N3O2/c1-12(28)11-26-19(29)14-8-6-13(7-9-14)17(10-18(25)20(22,23)24)27-16-5-3-2-4-15(16)21/h2-9,12,25,28H,10-11H2,1H3,(H,26,29). The predicted molar refractivity (Wildman–Crippen MR) is 107 cm³/mol. The van der Waals surface area contributed by atoms with Gasteiger partial charge in [-0.25, -0.2) is 0 Å². The Hall–Kier alpha value is -2.71. The molecule has 0 aliphatic carbocycles. The van der Waals surface area contributed by atoms with E-state index >= 15 is 0 Å². The van der Waals surface area contributed by atoms with Crippen molar-refractivity contribution in [3.8, 4) is 0 Å². The van der Waals surface area contributed by atoms with E-state index in [4.69, 9.17) is 17.0 Å². The second kappa shape index (κ2) is 9.67. The number of rotatable bonds is 7. The lowest BCUT2D eigenvalue weighted by molar-refractivity contribution is -0.0605. The largest absolute Gasteiger partial charge is 0.429 e. The summed E-state index contributed by atoms with van der Waals surface area (Å²) in [6.45, 7) is 1.60. The van der Waals surface area contributed by atoms with Crippen molar-refractivity contribution in [2.24, 2.45) is 4.99 Å². The minimum absolute atomic E-state index is 0.00337. The van der Waals surface area contributed by atoms with Crippen LogP contribution in [0.1, 0.15) is 29.3 Å². The first kappa shape index (κ1) is 22.6. The first-order chi connectivity index (χ1) is 13.6. The summed E-state index contributed by atoms with van der Waals surface area (Å²) in [7, 11) is 0. The fourth-order valence-corrected chi connectivity index (χ4v) is 2.50. The van der Waals surface area contributed by atoms with E-state index < -0.39 is 30.3 Å². The molecule has 0 heterocycles. The number of alkyl halides is 3. The van der Waals surface area contributed by atoms with E-state index in [-0.39, 0.29) is 28.5 Å². The van der Waals surface area contributed by atoms with E-state index in [1.54, 1.807) is 24.3 Å². The lowest BCUT2D eigenvalue weighted by atomic mass is 10.0. The van der Waals surface area contributed by atoms with Crippen molar-refractivity contribution >= 4 is 34.6 Å². The molecular formula is C20H19ClF3N3O2. The molecule has 2 aromatic carbocycles. The molecule has 0 aromatic heterocycles. The molecule has 0 radical (unpaired) electrons. The second-order valence-electron chi connectivity index (χ2n) is 6.30. The number of halogens is 4. The Bertz CT molecular complexity index is 910. The number of hydrogen-bond acceptors (Lipinski definition) is 4. The molecule has 2 rings (SSSR count). The van der Waals surface area contributed by atoms with Crippen LogP contribution in [0.5, 0.6) is 0 Å². The smallest absolute Gasteiger partial charge is 0.392 e. The van der Waals surface area contributed by atoms with Gasteiger partial charge in [-0.3, -0.25) is 9.79 Å². The number of para-hydroxylation sites is 1.